The minimum atomic E-state index is -1.17. The number of carbonyl (C=O) groups is 3. The van der Waals surface area contributed by atoms with E-state index >= 15 is 0 Å². The predicted octanol–water partition coefficient (Wildman–Crippen LogP) is 2.06. The van der Waals surface area contributed by atoms with Gasteiger partial charge in [-0.15, -0.1) is 0 Å². The maximum atomic E-state index is 13.5. The summed E-state index contributed by atoms with van der Waals surface area (Å²) in [4.78, 5) is 44.7. The van der Waals surface area contributed by atoms with E-state index in [0.29, 0.717) is 31.9 Å². The van der Waals surface area contributed by atoms with Crippen LogP contribution in [0.25, 0.3) is 0 Å². The molecule has 1 aliphatic rings. The van der Waals surface area contributed by atoms with Crippen LogP contribution in [-0.4, -0.2) is 64.7 Å². The monoisotopic (exact) mass is 458 g/mol. The van der Waals surface area contributed by atoms with Gasteiger partial charge >= 0.3 is 0 Å². The molecule has 0 radical (unpaired) electrons. The number of carbonyl (C=O) groups excluding carboxylic acids is 3. The highest BCUT2D eigenvalue weighted by molar-refractivity contribution is 7.99. The molecule has 0 unspecified atom stereocenters. The lowest BCUT2D eigenvalue weighted by Gasteiger charge is -2.28. The van der Waals surface area contributed by atoms with Gasteiger partial charge in [0.1, 0.15) is 0 Å². The van der Waals surface area contributed by atoms with Crippen molar-refractivity contribution in [2.45, 2.75) is 36.8 Å². The first-order valence-corrected chi connectivity index (χ1v) is 11.6. The summed E-state index contributed by atoms with van der Waals surface area (Å²) in [6.07, 6.45) is 4.10. The summed E-state index contributed by atoms with van der Waals surface area (Å²) in [6.45, 7) is 3.10. The fourth-order valence-electron chi connectivity index (χ4n) is 4.11. The van der Waals surface area contributed by atoms with Crippen LogP contribution in [0.4, 0.5) is 0 Å². The second kappa shape index (κ2) is 10.8. The van der Waals surface area contributed by atoms with Crippen LogP contribution in [0.1, 0.15) is 30.4 Å². The maximum absolute atomic E-state index is 13.5. The Kier molecular flexibility index (Phi) is 8.09. The Morgan fingerprint density at radius 2 is 2.09 bits per heavy atom. The first kappa shape index (κ1) is 24.0. The fourth-order valence-corrected chi connectivity index (χ4v) is 4.89. The van der Waals surface area contributed by atoms with Crippen molar-refractivity contribution in [3.63, 3.8) is 0 Å². The smallest absolute Gasteiger partial charge is 0.240 e. The number of methoxy groups -OCH3 is 1. The number of hydrogen-bond acceptors (Lipinski definition) is 6. The Morgan fingerprint density at radius 1 is 1.31 bits per heavy atom. The average Bonchev–Trinajstić information content (AvgIpc) is 3.27. The number of amides is 3. The second-order valence-corrected chi connectivity index (χ2v) is 9.03. The number of nitrogens with one attached hydrogen (secondary N) is 1. The third kappa shape index (κ3) is 5.21. The molecular formula is C23H30N4O4S. The minimum Gasteiger partial charge on any atom is -0.385 e. The van der Waals surface area contributed by atoms with E-state index < -0.39 is 5.41 Å². The molecule has 172 valence electrons. The molecule has 1 fully saturated rings. The third-order valence-corrected chi connectivity index (χ3v) is 6.75. The van der Waals surface area contributed by atoms with E-state index in [-0.39, 0.29) is 30.6 Å². The van der Waals surface area contributed by atoms with Crippen LogP contribution in [0, 0.1) is 6.92 Å². The first-order chi connectivity index (χ1) is 15.4. The Labute approximate surface area is 192 Å². The van der Waals surface area contributed by atoms with Gasteiger partial charge in [-0.3, -0.25) is 19.3 Å². The van der Waals surface area contributed by atoms with Gasteiger partial charge in [0.2, 0.25) is 17.7 Å². The molecule has 1 aliphatic heterocycles. The lowest BCUT2D eigenvalue weighted by Crippen LogP contribution is -2.43. The van der Waals surface area contributed by atoms with Crippen LogP contribution in [0.15, 0.2) is 41.8 Å². The van der Waals surface area contributed by atoms with E-state index in [9.17, 15) is 14.4 Å². The minimum absolute atomic E-state index is 0.000884. The van der Waals surface area contributed by atoms with Gasteiger partial charge in [-0.1, -0.05) is 36.0 Å². The van der Waals surface area contributed by atoms with Crippen molar-refractivity contribution in [2.75, 3.05) is 32.6 Å². The fraction of sp³-hybridized carbons (Fsp3) is 0.478. The van der Waals surface area contributed by atoms with E-state index in [2.05, 4.69) is 10.3 Å². The van der Waals surface area contributed by atoms with Gasteiger partial charge in [0.15, 0.2) is 5.16 Å². The highest BCUT2D eigenvalue weighted by Gasteiger charge is 2.53. The lowest BCUT2D eigenvalue weighted by molar-refractivity contribution is -0.141. The number of benzene rings is 1. The molecule has 0 bridgehead atoms. The topological polar surface area (TPSA) is 93.5 Å². The highest BCUT2D eigenvalue weighted by atomic mass is 32.2. The van der Waals surface area contributed by atoms with E-state index in [1.165, 1.54) is 4.90 Å². The average molecular weight is 459 g/mol. The Balaban J connectivity index is 1.72. The van der Waals surface area contributed by atoms with Crippen molar-refractivity contribution in [2.24, 2.45) is 7.05 Å². The largest absolute Gasteiger partial charge is 0.385 e. The van der Waals surface area contributed by atoms with Crippen molar-refractivity contribution in [3.05, 3.63) is 47.8 Å². The summed E-state index contributed by atoms with van der Waals surface area (Å²) in [7, 11) is 3.50. The molecule has 0 aliphatic carbocycles. The molecule has 0 spiro atoms. The van der Waals surface area contributed by atoms with Crippen LogP contribution in [0.5, 0.6) is 0 Å². The van der Waals surface area contributed by atoms with Crippen LogP contribution < -0.4 is 5.32 Å². The number of hydrogen-bond donors (Lipinski definition) is 1. The van der Waals surface area contributed by atoms with E-state index in [1.54, 1.807) is 25.1 Å². The lowest BCUT2D eigenvalue weighted by atomic mass is 9.74. The van der Waals surface area contributed by atoms with Crippen molar-refractivity contribution < 1.29 is 19.1 Å². The Bertz CT molecular complexity index is 976. The SMILES string of the molecule is COCCCN1C(=O)C[C@](CC(=O)NCCSc2nccn2C)(c2ccccc2C)C1=O. The number of nitrogens with zero attached hydrogens (tertiary/aromatic N) is 3. The second-order valence-electron chi connectivity index (χ2n) is 7.97. The van der Waals surface area contributed by atoms with Gasteiger partial charge in [-0.05, 0) is 24.5 Å². The number of thioether (sulfide) groups is 1. The highest BCUT2D eigenvalue weighted by Crippen LogP contribution is 2.41. The number of ether oxygens (including phenoxy) is 1. The van der Waals surface area contributed by atoms with Crippen molar-refractivity contribution in [1.29, 1.82) is 0 Å². The normalized spacial score (nSPS) is 18.4. The quantitative estimate of drug-likeness (QED) is 0.315. The number of imidazole rings is 1. The van der Waals surface area contributed by atoms with Crippen LogP contribution >= 0.6 is 11.8 Å². The van der Waals surface area contributed by atoms with Crippen molar-refractivity contribution >= 4 is 29.5 Å². The molecule has 2 aromatic rings. The van der Waals surface area contributed by atoms with Gasteiger partial charge < -0.3 is 14.6 Å². The zero-order valence-electron chi connectivity index (χ0n) is 18.8. The molecule has 3 amide bonds. The number of aryl methyl sites for hydroxylation is 2. The van der Waals surface area contributed by atoms with Crippen LogP contribution in [0.3, 0.4) is 0 Å². The molecule has 9 heteroatoms. The van der Waals surface area contributed by atoms with Gasteiger partial charge in [-0.2, -0.15) is 0 Å². The molecule has 1 N–H and O–H groups in total. The number of aromatic nitrogens is 2. The summed E-state index contributed by atoms with van der Waals surface area (Å²) in [5.74, 6) is -0.129. The van der Waals surface area contributed by atoms with Gasteiger partial charge in [0.25, 0.3) is 0 Å². The van der Waals surface area contributed by atoms with Crippen molar-refractivity contribution in [1.82, 2.24) is 19.8 Å². The van der Waals surface area contributed by atoms with E-state index in [4.69, 9.17) is 4.74 Å². The zero-order chi connectivity index (χ0) is 23.1. The first-order valence-electron chi connectivity index (χ1n) is 10.7. The summed E-state index contributed by atoms with van der Waals surface area (Å²) in [6, 6.07) is 7.49. The van der Waals surface area contributed by atoms with Crippen molar-refractivity contribution in [3.8, 4) is 0 Å². The van der Waals surface area contributed by atoms with Gasteiger partial charge in [-0.25, -0.2) is 4.98 Å². The van der Waals surface area contributed by atoms with E-state index in [1.807, 2.05) is 49.0 Å². The molecule has 8 nitrogen and oxygen atoms in total. The van der Waals surface area contributed by atoms with Crippen LogP contribution in [0.2, 0.25) is 0 Å². The standard InChI is InChI=1S/C23H30N4O4S/c1-17-7-4-5-8-18(17)23(16-20(29)27(21(23)30)11-6-13-31-3)15-19(28)24-10-14-32-22-25-9-12-26(22)2/h4-5,7-9,12H,6,10-11,13-16H2,1-3H3,(H,24,28)/t23-/m1/s1. The number of rotatable bonds is 11. The molecular weight excluding hydrogens is 428 g/mol. The maximum Gasteiger partial charge on any atom is 0.240 e. The summed E-state index contributed by atoms with van der Waals surface area (Å²) in [5, 5.41) is 3.78. The third-order valence-electron chi connectivity index (χ3n) is 5.69. The number of imide groups is 1. The summed E-state index contributed by atoms with van der Waals surface area (Å²) < 4.78 is 6.98. The Hall–Kier alpha value is -2.65. The summed E-state index contributed by atoms with van der Waals surface area (Å²) in [5.41, 5.74) is 0.461. The molecule has 1 atom stereocenters. The molecule has 1 aromatic heterocycles. The van der Waals surface area contributed by atoms with Crippen LogP contribution in [-0.2, 0) is 31.6 Å². The zero-order valence-corrected chi connectivity index (χ0v) is 19.6. The molecule has 1 saturated heterocycles. The summed E-state index contributed by atoms with van der Waals surface area (Å²) >= 11 is 1.54. The Morgan fingerprint density at radius 3 is 2.78 bits per heavy atom. The molecule has 3 rings (SSSR count). The molecule has 0 saturated carbocycles. The molecule has 2 heterocycles. The van der Waals surface area contributed by atoms with E-state index in [0.717, 1.165) is 16.3 Å². The number of likely N-dealkylation sites (tertiary alicyclic amines) is 1. The molecule has 32 heavy (non-hydrogen) atoms. The van der Waals surface area contributed by atoms with Gasteiger partial charge in [0.05, 0.1) is 5.41 Å². The molecule has 1 aromatic carbocycles. The predicted molar refractivity (Wildman–Crippen MR) is 122 cm³/mol. The van der Waals surface area contributed by atoms with Gasteiger partial charge in [0, 0.05) is 64.8 Å².